The highest BCUT2D eigenvalue weighted by atomic mass is 16.6. The van der Waals surface area contributed by atoms with Crippen molar-refractivity contribution in [3.05, 3.63) is 81.4 Å². The summed E-state index contributed by atoms with van der Waals surface area (Å²) in [7, 11) is 1.65. The van der Waals surface area contributed by atoms with Crippen molar-refractivity contribution in [2.24, 2.45) is 0 Å². The van der Waals surface area contributed by atoms with Gasteiger partial charge in [-0.25, -0.2) is 0 Å². The quantitative estimate of drug-likeness (QED) is 0.512. The molecule has 0 spiro atoms. The van der Waals surface area contributed by atoms with Gasteiger partial charge in [0, 0.05) is 6.07 Å². The number of methoxy groups -OCH3 is 1. The van der Waals surface area contributed by atoms with Crippen LogP contribution in [0, 0.1) is 10.1 Å². The summed E-state index contributed by atoms with van der Waals surface area (Å²) in [5.74, 6) is 0.824. The van der Waals surface area contributed by atoms with Crippen molar-refractivity contribution in [3.8, 4) is 5.75 Å². The van der Waals surface area contributed by atoms with Crippen LogP contribution in [-0.4, -0.2) is 12.0 Å². The number of hydrogen-bond donors (Lipinski definition) is 0. The highest BCUT2D eigenvalue weighted by Crippen LogP contribution is 2.41. The molecule has 4 heteroatoms. The lowest BCUT2D eigenvalue weighted by molar-refractivity contribution is -0.383. The maximum Gasteiger partial charge on any atom is 0.277 e. The zero-order valence-corrected chi connectivity index (χ0v) is 13.2. The Hall–Kier alpha value is -3.14. The standard InChI is InChI=1S/C20H15NO3/c1-24-16-7-5-13(6-8-16)11-15-12-14-3-2-4-18-19(21(22)23)10-9-17(15)20(14)18/h2-11H,12H2,1H3. The molecule has 24 heavy (non-hydrogen) atoms. The van der Waals surface area contributed by atoms with Crippen molar-refractivity contribution >= 4 is 28.1 Å². The number of benzene rings is 3. The topological polar surface area (TPSA) is 52.4 Å². The van der Waals surface area contributed by atoms with Crippen LogP contribution in [0.5, 0.6) is 5.75 Å². The van der Waals surface area contributed by atoms with E-state index in [-0.39, 0.29) is 10.6 Å². The molecule has 3 aromatic carbocycles. The molecule has 0 saturated carbocycles. The monoisotopic (exact) mass is 317 g/mol. The van der Waals surface area contributed by atoms with E-state index in [4.69, 9.17) is 4.74 Å². The van der Waals surface area contributed by atoms with Crippen LogP contribution < -0.4 is 4.74 Å². The number of hydrogen-bond acceptors (Lipinski definition) is 3. The second-order valence-corrected chi connectivity index (χ2v) is 5.85. The lowest BCUT2D eigenvalue weighted by Crippen LogP contribution is -1.90. The molecule has 118 valence electrons. The lowest BCUT2D eigenvalue weighted by atomic mass is 10.0. The summed E-state index contributed by atoms with van der Waals surface area (Å²) in [6.45, 7) is 0. The number of nitro benzene ring substituents is 1. The summed E-state index contributed by atoms with van der Waals surface area (Å²) >= 11 is 0. The van der Waals surface area contributed by atoms with Gasteiger partial charge in [0.1, 0.15) is 5.75 Å². The molecule has 0 heterocycles. The SMILES string of the molecule is COc1ccc(C=C2Cc3cccc4c([N+](=O)[O-])ccc2c34)cc1. The first-order chi connectivity index (χ1) is 11.7. The van der Waals surface area contributed by atoms with E-state index in [1.54, 1.807) is 13.2 Å². The first-order valence-electron chi connectivity index (χ1n) is 7.71. The maximum atomic E-state index is 11.3. The van der Waals surface area contributed by atoms with Gasteiger partial charge < -0.3 is 4.74 Å². The van der Waals surface area contributed by atoms with E-state index < -0.39 is 0 Å². The maximum absolute atomic E-state index is 11.3. The van der Waals surface area contributed by atoms with E-state index in [2.05, 4.69) is 6.08 Å². The van der Waals surface area contributed by atoms with Crippen molar-refractivity contribution < 1.29 is 9.66 Å². The van der Waals surface area contributed by atoms with Crippen LogP contribution in [0.25, 0.3) is 22.4 Å². The van der Waals surface area contributed by atoms with Crippen molar-refractivity contribution in [2.75, 3.05) is 7.11 Å². The van der Waals surface area contributed by atoms with E-state index in [9.17, 15) is 10.1 Å². The fraction of sp³-hybridized carbons (Fsp3) is 0.100. The van der Waals surface area contributed by atoms with Gasteiger partial charge in [-0.15, -0.1) is 0 Å². The molecule has 3 aromatic rings. The molecular weight excluding hydrogens is 302 g/mol. The number of nitro groups is 1. The Kier molecular flexibility index (Phi) is 3.31. The summed E-state index contributed by atoms with van der Waals surface area (Å²) in [6.07, 6.45) is 2.93. The minimum Gasteiger partial charge on any atom is -0.497 e. The van der Waals surface area contributed by atoms with Crippen LogP contribution in [0.4, 0.5) is 5.69 Å². The Bertz CT molecular complexity index is 988. The van der Waals surface area contributed by atoms with Crippen LogP contribution in [0.2, 0.25) is 0 Å². The van der Waals surface area contributed by atoms with Gasteiger partial charge in [-0.3, -0.25) is 10.1 Å². The first-order valence-corrected chi connectivity index (χ1v) is 7.71. The molecule has 4 rings (SSSR count). The Balaban J connectivity index is 1.85. The molecular formula is C20H15NO3. The van der Waals surface area contributed by atoms with Gasteiger partial charge in [-0.2, -0.15) is 0 Å². The molecule has 0 aromatic heterocycles. The van der Waals surface area contributed by atoms with Gasteiger partial charge in [0.05, 0.1) is 17.4 Å². The molecule has 0 radical (unpaired) electrons. The van der Waals surface area contributed by atoms with E-state index in [1.165, 1.54) is 5.57 Å². The fourth-order valence-corrected chi connectivity index (χ4v) is 3.37. The summed E-state index contributed by atoms with van der Waals surface area (Å²) in [5, 5.41) is 13.0. The van der Waals surface area contributed by atoms with E-state index >= 15 is 0 Å². The average Bonchev–Trinajstić information content (AvgIpc) is 2.95. The third-order valence-electron chi connectivity index (χ3n) is 4.48. The van der Waals surface area contributed by atoms with Gasteiger partial charge in [0.2, 0.25) is 0 Å². The molecule has 0 N–H and O–H groups in total. The largest absolute Gasteiger partial charge is 0.497 e. The fourth-order valence-electron chi connectivity index (χ4n) is 3.37. The predicted molar refractivity (Wildman–Crippen MR) is 95.2 cm³/mol. The summed E-state index contributed by atoms with van der Waals surface area (Å²) in [6, 6.07) is 17.1. The number of non-ortho nitro benzene ring substituents is 1. The van der Waals surface area contributed by atoms with Crippen molar-refractivity contribution in [1.82, 2.24) is 0 Å². The molecule has 0 amide bonds. The Morgan fingerprint density at radius 3 is 2.58 bits per heavy atom. The van der Waals surface area contributed by atoms with Gasteiger partial charge in [-0.1, -0.05) is 30.3 Å². The van der Waals surface area contributed by atoms with Crippen molar-refractivity contribution in [2.45, 2.75) is 6.42 Å². The zero-order chi connectivity index (χ0) is 16.7. The molecule has 1 aliphatic carbocycles. The predicted octanol–water partition coefficient (Wildman–Crippen LogP) is 4.85. The van der Waals surface area contributed by atoms with E-state index in [1.807, 2.05) is 48.5 Å². The second kappa shape index (κ2) is 5.49. The number of ether oxygens (including phenoxy) is 1. The van der Waals surface area contributed by atoms with Crippen LogP contribution in [0.1, 0.15) is 16.7 Å². The number of nitrogens with zero attached hydrogens (tertiary/aromatic N) is 1. The zero-order valence-electron chi connectivity index (χ0n) is 13.2. The highest BCUT2D eigenvalue weighted by molar-refractivity contribution is 6.08. The van der Waals surface area contributed by atoms with Crippen LogP contribution in [0.3, 0.4) is 0 Å². The second-order valence-electron chi connectivity index (χ2n) is 5.85. The average molecular weight is 317 g/mol. The molecule has 1 aliphatic rings. The minimum absolute atomic E-state index is 0.168. The molecule has 0 bridgehead atoms. The molecule has 0 aliphatic heterocycles. The molecule has 4 nitrogen and oxygen atoms in total. The van der Waals surface area contributed by atoms with Crippen molar-refractivity contribution in [3.63, 3.8) is 0 Å². The van der Waals surface area contributed by atoms with Gasteiger partial charge in [0.15, 0.2) is 0 Å². The molecule has 0 saturated heterocycles. The highest BCUT2D eigenvalue weighted by Gasteiger charge is 2.23. The van der Waals surface area contributed by atoms with Crippen molar-refractivity contribution in [1.29, 1.82) is 0 Å². The van der Waals surface area contributed by atoms with Crippen LogP contribution in [-0.2, 0) is 6.42 Å². The minimum atomic E-state index is -0.311. The summed E-state index contributed by atoms with van der Waals surface area (Å²) in [4.78, 5) is 11.0. The lowest BCUT2D eigenvalue weighted by Gasteiger charge is -2.04. The Morgan fingerprint density at radius 2 is 1.88 bits per heavy atom. The third kappa shape index (κ3) is 2.24. The molecule has 0 fully saturated rings. The normalized spacial score (nSPS) is 14.3. The first kappa shape index (κ1) is 14.5. The molecule has 0 unspecified atom stereocenters. The summed E-state index contributed by atoms with van der Waals surface area (Å²) in [5.41, 5.74) is 4.67. The Labute approximate surface area is 139 Å². The van der Waals surface area contributed by atoms with Gasteiger partial charge in [0.25, 0.3) is 5.69 Å². The van der Waals surface area contributed by atoms with E-state index in [0.29, 0.717) is 5.39 Å². The van der Waals surface area contributed by atoms with Gasteiger partial charge in [-0.05, 0) is 58.3 Å². The van der Waals surface area contributed by atoms with Crippen LogP contribution >= 0.6 is 0 Å². The number of allylic oxidation sites excluding steroid dienone is 1. The summed E-state index contributed by atoms with van der Waals surface area (Å²) < 4.78 is 5.19. The van der Waals surface area contributed by atoms with Gasteiger partial charge >= 0.3 is 0 Å². The van der Waals surface area contributed by atoms with E-state index in [0.717, 1.165) is 34.2 Å². The molecule has 0 atom stereocenters. The van der Waals surface area contributed by atoms with Crippen LogP contribution in [0.15, 0.2) is 54.6 Å². The smallest absolute Gasteiger partial charge is 0.277 e. The third-order valence-corrected chi connectivity index (χ3v) is 4.48. The Morgan fingerprint density at radius 1 is 1.08 bits per heavy atom. The number of rotatable bonds is 3.